The molecular formula is C12H16N2O2S. The Morgan fingerprint density at radius 1 is 1.41 bits per heavy atom. The van der Waals surface area contributed by atoms with E-state index in [-0.39, 0.29) is 12.5 Å². The Balaban J connectivity index is 2.49. The number of rotatable bonds is 6. The van der Waals surface area contributed by atoms with Gasteiger partial charge in [-0.15, -0.1) is 0 Å². The summed E-state index contributed by atoms with van der Waals surface area (Å²) in [5.74, 6) is 0.690. The number of hydrogen-bond acceptors (Lipinski definition) is 3. The van der Waals surface area contributed by atoms with Crippen LogP contribution in [0.4, 0.5) is 5.69 Å². The lowest BCUT2D eigenvalue weighted by atomic mass is 10.2. The molecule has 0 fully saturated rings. The fourth-order valence-electron chi connectivity index (χ4n) is 1.24. The highest BCUT2D eigenvalue weighted by molar-refractivity contribution is 7.80. The van der Waals surface area contributed by atoms with Gasteiger partial charge in [0.25, 0.3) is 0 Å². The highest BCUT2D eigenvalue weighted by atomic mass is 32.1. The predicted molar refractivity (Wildman–Crippen MR) is 72.3 cm³/mol. The van der Waals surface area contributed by atoms with Crippen molar-refractivity contribution in [1.29, 1.82) is 0 Å². The molecule has 1 aromatic carbocycles. The van der Waals surface area contributed by atoms with Crippen LogP contribution < -0.4 is 15.8 Å². The van der Waals surface area contributed by atoms with Gasteiger partial charge in [0.15, 0.2) is 0 Å². The van der Waals surface area contributed by atoms with Crippen molar-refractivity contribution in [3.05, 3.63) is 24.3 Å². The molecule has 0 bridgehead atoms. The van der Waals surface area contributed by atoms with E-state index in [1.165, 1.54) is 0 Å². The van der Waals surface area contributed by atoms with E-state index < -0.39 is 0 Å². The molecule has 0 saturated heterocycles. The highest BCUT2D eigenvalue weighted by Gasteiger charge is 2.01. The van der Waals surface area contributed by atoms with E-state index in [0.29, 0.717) is 17.2 Å². The second-order valence-corrected chi connectivity index (χ2v) is 4.10. The van der Waals surface area contributed by atoms with Crippen LogP contribution in [0.3, 0.4) is 0 Å². The van der Waals surface area contributed by atoms with E-state index in [9.17, 15) is 4.79 Å². The average molecular weight is 252 g/mol. The van der Waals surface area contributed by atoms with Crippen LogP contribution in [0.15, 0.2) is 24.3 Å². The van der Waals surface area contributed by atoms with Crippen LogP contribution >= 0.6 is 12.2 Å². The molecule has 4 nitrogen and oxygen atoms in total. The van der Waals surface area contributed by atoms with Gasteiger partial charge in [-0.1, -0.05) is 19.1 Å². The summed E-state index contributed by atoms with van der Waals surface area (Å²) in [6, 6.07) is 7.09. The highest BCUT2D eigenvalue weighted by Crippen LogP contribution is 2.15. The van der Waals surface area contributed by atoms with E-state index >= 15 is 0 Å². The van der Waals surface area contributed by atoms with Crippen LogP contribution in [0, 0.1) is 0 Å². The molecule has 0 aromatic heterocycles. The molecule has 1 rings (SSSR count). The lowest BCUT2D eigenvalue weighted by Crippen LogP contribution is -2.17. The van der Waals surface area contributed by atoms with Crippen LogP contribution in [0.25, 0.3) is 0 Å². The third kappa shape index (κ3) is 5.31. The van der Waals surface area contributed by atoms with Gasteiger partial charge in [-0.2, -0.15) is 0 Å². The second kappa shape index (κ2) is 6.85. The molecule has 0 heterocycles. The minimum atomic E-state index is 0.0179. The number of benzene rings is 1. The number of thiocarbonyl (C=S) groups is 1. The molecule has 0 radical (unpaired) electrons. The van der Waals surface area contributed by atoms with Crippen LogP contribution in [0.1, 0.15) is 19.8 Å². The van der Waals surface area contributed by atoms with Gasteiger partial charge >= 0.3 is 0 Å². The molecule has 0 aliphatic carbocycles. The maximum atomic E-state index is 11.3. The number of nitrogens with one attached hydrogen (secondary N) is 1. The quantitative estimate of drug-likeness (QED) is 0.761. The zero-order valence-electron chi connectivity index (χ0n) is 9.73. The van der Waals surface area contributed by atoms with E-state index in [4.69, 9.17) is 22.7 Å². The van der Waals surface area contributed by atoms with Crippen LogP contribution in [-0.2, 0) is 4.79 Å². The summed E-state index contributed by atoms with van der Waals surface area (Å²) < 4.78 is 5.30. The zero-order valence-corrected chi connectivity index (χ0v) is 10.5. The maximum Gasteiger partial charge on any atom is 0.224 e. The van der Waals surface area contributed by atoms with Crippen molar-refractivity contribution in [2.75, 3.05) is 11.9 Å². The molecule has 17 heavy (non-hydrogen) atoms. The number of nitrogens with two attached hydrogens (primary N) is 1. The number of anilines is 1. The summed E-state index contributed by atoms with van der Waals surface area (Å²) in [7, 11) is 0. The summed E-state index contributed by atoms with van der Waals surface area (Å²) in [6.45, 7) is 2.18. The van der Waals surface area contributed by atoms with Gasteiger partial charge in [-0.05, 0) is 30.7 Å². The third-order valence-electron chi connectivity index (χ3n) is 2.00. The number of hydrogen-bond donors (Lipinski definition) is 2. The molecular weight excluding hydrogens is 236 g/mol. The molecule has 0 spiro atoms. The Hall–Kier alpha value is -1.62. The van der Waals surface area contributed by atoms with Crippen molar-refractivity contribution in [3.63, 3.8) is 0 Å². The summed E-state index contributed by atoms with van der Waals surface area (Å²) in [5.41, 5.74) is 6.07. The molecule has 5 heteroatoms. The Bertz CT molecular complexity index is 390. The van der Waals surface area contributed by atoms with Gasteiger partial charge in [-0.25, -0.2) is 0 Å². The lowest BCUT2D eigenvalue weighted by molar-refractivity contribution is -0.116. The topological polar surface area (TPSA) is 64.3 Å². The minimum Gasteiger partial charge on any atom is -0.487 e. The fraction of sp³-hybridized carbons (Fsp3) is 0.333. The van der Waals surface area contributed by atoms with E-state index in [1.807, 2.05) is 6.92 Å². The summed E-state index contributed by atoms with van der Waals surface area (Å²) >= 11 is 4.70. The first kappa shape index (κ1) is 13.4. The van der Waals surface area contributed by atoms with Crippen molar-refractivity contribution in [2.24, 2.45) is 5.73 Å². The van der Waals surface area contributed by atoms with Crippen molar-refractivity contribution < 1.29 is 9.53 Å². The molecule has 0 atom stereocenters. The van der Waals surface area contributed by atoms with Crippen molar-refractivity contribution in [2.45, 2.75) is 19.8 Å². The molecule has 3 N–H and O–H groups in total. The number of carbonyl (C=O) groups excluding carboxylic acids is 1. The molecule has 0 unspecified atom stereocenters. The Kier molecular flexibility index (Phi) is 5.42. The number of carbonyl (C=O) groups is 1. The van der Waals surface area contributed by atoms with Crippen LogP contribution in [-0.4, -0.2) is 17.5 Å². The summed E-state index contributed by atoms with van der Waals surface area (Å²) in [4.78, 5) is 11.6. The maximum absolute atomic E-state index is 11.3. The van der Waals surface area contributed by atoms with Crippen LogP contribution in [0.5, 0.6) is 5.75 Å². The predicted octanol–water partition coefficient (Wildman–Crippen LogP) is 2.09. The van der Waals surface area contributed by atoms with E-state index in [1.54, 1.807) is 24.3 Å². The van der Waals surface area contributed by atoms with Crippen LogP contribution in [0.2, 0.25) is 0 Å². The van der Waals surface area contributed by atoms with Gasteiger partial charge in [0.1, 0.15) is 17.3 Å². The standard InChI is InChI=1S/C12H16N2O2S/c1-2-3-12(15)14-9-4-6-10(7-5-9)16-8-11(13)17/h4-7H,2-3,8H2,1H3,(H2,13,17)(H,14,15). The molecule has 1 aromatic rings. The minimum absolute atomic E-state index is 0.0179. The Labute approximate surface area is 106 Å². The average Bonchev–Trinajstić information content (AvgIpc) is 2.28. The smallest absolute Gasteiger partial charge is 0.224 e. The fourth-order valence-corrected chi connectivity index (χ4v) is 1.30. The molecule has 92 valence electrons. The SMILES string of the molecule is CCCC(=O)Nc1ccc(OCC(N)=S)cc1. The van der Waals surface area contributed by atoms with Gasteiger partial charge in [-0.3, -0.25) is 4.79 Å². The monoisotopic (exact) mass is 252 g/mol. The number of amides is 1. The first-order valence-electron chi connectivity index (χ1n) is 5.43. The Morgan fingerprint density at radius 3 is 2.59 bits per heavy atom. The largest absolute Gasteiger partial charge is 0.487 e. The zero-order chi connectivity index (χ0) is 12.7. The van der Waals surface area contributed by atoms with Crippen molar-refractivity contribution in [3.8, 4) is 5.75 Å². The normalized spacial score (nSPS) is 9.71. The van der Waals surface area contributed by atoms with Crippen molar-refractivity contribution >= 4 is 28.8 Å². The van der Waals surface area contributed by atoms with Crippen molar-refractivity contribution in [1.82, 2.24) is 0 Å². The molecule has 0 saturated carbocycles. The first-order chi connectivity index (χ1) is 8.11. The summed E-state index contributed by atoms with van der Waals surface area (Å²) in [5, 5.41) is 2.79. The van der Waals surface area contributed by atoms with Gasteiger partial charge in [0.2, 0.25) is 5.91 Å². The number of ether oxygens (including phenoxy) is 1. The lowest BCUT2D eigenvalue weighted by Gasteiger charge is -2.07. The van der Waals surface area contributed by atoms with Gasteiger partial charge in [0, 0.05) is 12.1 Å². The summed E-state index contributed by atoms with van der Waals surface area (Å²) in [6.07, 6.45) is 1.36. The van der Waals surface area contributed by atoms with E-state index in [0.717, 1.165) is 12.1 Å². The molecule has 0 aliphatic heterocycles. The Morgan fingerprint density at radius 2 is 2.06 bits per heavy atom. The van der Waals surface area contributed by atoms with E-state index in [2.05, 4.69) is 5.32 Å². The molecule has 1 amide bonds. The van der Waals surface area contributed by atoms with Gasteiger partial charge < -0.3 is 15.8 Å². The van der Waals surface area contributed by atoms with Gasteiger partial charge in [0.05, 0.1) is 0 Å². The third-order valence-corrected chi connectivity index (χ3v) is 2.11. The second-order valence-electron chi connectivity index (χ2n) is 3.58. The first-order valence-corrected chi connectivity index (χ1v) is 5.83. The molecule has 0 aliphatic rings.